The van der Waals surface area contributed by atoms with Crippen LogP contribution in [0.5, 0.6) is 0 Å². The van der Waals surface area contributed by atoms with Gasteiger partial charge in [-0.1, -0.05) is 36.4 Å². The molecule has 1 heterocycles. The molecule has 7 heteroatoms. The first-order valence-corrected chi connectivity index (χ1v) is 10.2. The van der Waals surface area contributed by atoms with Gasteiger partial charge >= 0.3 is 0 Å². The number of fused-ring (bicyclic) bond motifs is 1. The zero-order valence-corrected chi connectivity index (χ0v) is 16.1. The molecule has 28 heavy (non-hydrogen) atoms. The van der Waals surface area contributed by atoms with Gasteiger partial charge in [-0.15, -0.1) is 0 Å². The molecule has 3 rings (SSSR count). The van der Waals surface area contributed by atoms with E-state index < -0.39 is 0 Å². The number of hydrogen-bond donors (Lipinski definition) is 1. The highest BCUT2D eigenvalue weighted by Crippen LogP contribution is 2.19. The summed E-state index contributed by atoms with van der Waals surface area (Å²) >= 11 is 1.53. The molecule has 0 unspecified atom stereocenters. The van der Waals surface area contributed by atoms with E-state index >= 15 is 0 Å². The number of thioether (sulfide) groups is 1. The number of imide groups is 1. The Kier molecular flexibility index (Phi) is 6.81. The van der Waals surface area contributed by atoms with Gasteiger partial charge in [0.2, 0.25) is 11.8 Å². The zero-order valence-electron chi connectivity index (χ0n) is 15.3. The van der Waals surface area contributed by atoms with Crippen LogP contribution in [0.3, 0.4) is 0 Å². The number of nitrogens with one attached hydrogen (secondary N) is 1. The van der Waals surface area contributed by atoms with Crippen molar-refractivity contribution in [2.24, 2.45) is 0 Å². The van der Waals surface area contributed by atoms with Crippen molar-refractivity contribution < 1.29 is 18.8 Å². The Bertz CT molecular complexity index is 887. The van der Waals surface area contributed by atoms with Crippen molar-refractivity contribution in [2.45, 2.75) is 18.6 Å². The lowest BCUT2D eigenvalue weighted by Crippen LogP contribution is -2.44. The standard InChI is InChI=1S/C21H21FN2O3S/c22-18-8-4-2-6-16(18)14-28-12-10-23-19(25)9-11-24-20(26)13-15-5-1-3-7-17(15)21(24)27/h1-8H,9-14H2,(H,23,25). The van der Waals surface area contributed by atoms with Crippen LogP contribution in [-0.2, 0) is 21.8 Å². The lowest BCUT2D eigenvalue weighted by Gasteiger charge is -2.26. The maximum atomic E-state index is 13.5. The highest BCUT2D eigenvalue weighted by molar-refractivity contribution is 7.98. The lowest BCUT2D eigenvalue weighted by atomic mass is 9.98. The molecule has 5 nitrogen and oxygen atoms in total. The van der Waals surface area contributed by atoms with Gasteiger partial charge in [0.25, 0.3) is 5.91 Å². The summed E-state index contributed by atoms with van der Waals surface area (Å²) in [5.74, 6) is 0.118. The van der Waals surface area contributed by atoms with Gasteiger partial charge in [-0.3, -0.25) is 19.3 Å². The molecule has 0 atom stereocenters. The van der Waals surface area contributed by atoms with Gasteiger partial charge in [0, 0.05) is 36.6 Å². The van der Waals surface area contributed by atoms with Crippen LogP contribution < -0.4 is 5.32 Å². The van der Waals surface area contributed by atoms with Gasteiger partial charge in [-0.2, -0.15) is 11.8 Å². The number of halogens is 1. The quantitative estimate of drug-likeness (QED) is 0.547. The van der Waals surface area contributed by atoms with E-state index in [2.05, 4.69) is 5.32 Å². The molecule has 146 valence electrons. The third-order valence-electron chi connectivity index (χ3n) is 4.48. The summed E-state index contributed by atoms with van der Waals surface area (Å²) in [6, 6.07) is 13.6. The fourth-order valence-corrected chi connectivity index (χ4v) is 3.83. The van der Waals surface area contributed by atoms with E-state index in [1.165, 1.54) is 17.8 Å². The van der Waals surface area contributed by atoms with E-state index in [0.717, 1.165) is 10.5 Å². The topological polar surface area (TPSA) is 66.5 Å². The fourth-order valence-electron chi connectivity index (χ4n) is 2.99. The smallest absolute Gasteiger partial charge is 0.260 e. The first-order chi connectivity index (χ1) is 13.6. The third kappa shape index (κ3) is 4.98. The van der Waals surface area contributed by atoms with Gasteiger partial charge in [0.05, 0.1) is 6.42 Å². The average molecular weight is 400 g/mol. The summed E-state index contributed by atoms with van der Waals surface area (Å²) in [7, 11) is 0. The van der Waals surface area contributed by atoms with Crippen LogP contribution in [0, 0.1) is 5.82 Å². The highest BCUT2D eigenvalue weighted by Gasteiger charge is 2.30. The lowest BCUT2D eigenvalue weighted by molar-refractivity contribution is -0.129. The van der Waals surface area contributed by atoms with E-state index in [9.17, 15) is 18.8 Å². The Labute approximate surface area is 167 Å². The number of rotatable bonds is 8. The number of nitrogens with zero attached hydrogens (tertiary/aromatic N) is 1. The summed E-state index contributed by atoms with van der Waals surface area (Å²) < 4.78 is 13.5. The normalized spacial score (nSPS) is 13.4. The van der Waals surface area contributed by atoms with Crippen molar-refractivity contribution in [3.8, 4) is 0 Å². The van der Waals surface area contributed by atoms with Crippen molar-refractivity contribution in [3.05, 3.63) is 71.0 Å². The number of benzene rings is 2. The molecule has 2 aromatic carbocycles. The molecule has 1 N–H and O–H groups in total. The van der Waals surface area contributed by atoms with Gasteiger partial charge < -0.3 is 5.32 Å². The second kappa shape index (κ2) is 9.50. The van der Waals surface area contributed by atoms with Crippen molar-refractivity contribution in [1.82, 2.24) is 10.2 Å². The average Bonchev–Trinajstić information content (AvgIpc) is 2.69. The Morgan fingerprint density at radius 2 is 1.86 bits per heavy atom. The molecule has 0 saturated heterocycles. The Balaban J connectivity index is 1.38. The van der Waals surface area contributed by atoms with E-state index in [0.29, 0.717) is 29.2 Å². The second-order valence-corrected chi connectivity index (χ2v) is 7.53. The molecule has 0 aromatic heterocycles. The molecule has 0 saturated carbocycles. The molecular formula is C21H21FN2O3S. The third-order valence-corrected chi connectivity index (χ3v) is 5.49. The molecule has 0 spiro atoms. The van der Waals surface area contributed by atoms with Gasteiger partial charge in [0.1, 0.15) is 5.82 Å². The molecule has 0 radical (unpaired) electrons. The minimum absolute atomic E-state index is 0.0671. The second-order valence-electron chi connectivity index (χ2n) is 6.43. The SMILES string of the molecule is O=C(CCN1C(=O)Cc2ccccc2C1=O)NCCSCc1ccccc1F. The number of hydrogen-bond acceptors (Lipinski definition) is 4. The zero-order chi connectivity index (χ0) is 19.9. The van der Waals surface area contributed by atoms with Crippen LogP contribution in [0.4, 0.5) is 4.39 Å². The summed E-state index contributed by atoms with van der Waals surface area (Å²) in [5.41, 5.74) is 1.89. The van der Waals surface area contributed by atoms with Crippen LogP contribution in [0.1, 0.15) is 27.9 Å². The van der Waals surface area contributed by atoms with Gasteiger partial charge in [-0.25, -0.2) is 4.39 Å². The number of carbonyl (C=O) groups excluding carboxylic acids is 3. The summed E-state index contributed by atoms with van der Waals surface area (Å²) in [6.07, 6.45) is 0.244. The molecular weight excluding hydrogens is 379 g/mol. The molecule has 1 aliphatic heterocycles. The molecule has 2 aromatic rings. The highest BCUT2D eigenvalue weighted by atomic mass is 32.2. The van der Waals surface area contributed by atoms with E-state index in [-0.39, 0.29) is 42.9 Å². The summed E-state index contributed by atoms with van der Waals surface area (Å²) in [6.45, 7) is 0.517. The van der Waals surface area contributed by atoms with E-state index in [4.69, 9.17) is 0 Å². The summed E-state index contributed by atoms with van der Waals surface area (Å²) in [4.78, 5) is 37.8. The molecule has 0 aliphatic carbocycles. The number of amides is 3. The predicted octanol–water partition coefficient (Wildman–Crippen LogP) is 2.79. The van der Waals surface area contributed by atoms with Gasteiger partial charge in [-0.05, 0) is 23.3 Å². The van der Waals surface area contributed by atoms with Crippen LogP contribution in [-0.4, -0.2) is 41.5 Å². The Morgan fingerprint density at radius 1 is 1.11 bits per heavy atom. The minimum Gasteiger partial charge on any atom is -0.355 e. The molecule has 0 bridgehead atoms. The maximum Gasteiger partial charge on any atom is 0.260 e. The van der Waals surface area contributed by atoms with E-state index in [1.54, 1.807) is 42.5 Å². The minimum atomic E-state index is -0.347. The Hall–Kier alpha value is -2.67. The van der Waals surface area contributed by atoms with Crippen LogP contribution in [0.2, 0.25) is 0 Å². The van der Waals surface area contributed by atoms with Crippen LogP contribution in [0.15, 0.2) is 48.5 Å². The first kappa shape index (κ1) is 20.1. The van der Waals surface area contributed by atoms with Crippen molar-refractivity contribution in [1.29, 1.82) is 0 Å². The first-order valence-electron chi connectivity index (χ1n) is 9.06. The largest absolute Gasteiger partial charge is 0.355 e. The van der Waals surface area contributed by atoms with Crippen molar-refractivity contribution in [2.75, 3.05) is 18.8 Å². The molecule has 3 amide bonds. The van der Waals surface area contributed by atoms with Gasteiger partial charge in [0.15, 0.2) is 0 Å². The van der Waals surface area contributed by atoms with Crippen molar-refractivity contribution >= 4 is 29.5 Å². The molecule has 0 fully saturated rings. The maximum absolute atomic E-state index is 13.5. The Morgan fingerprint density at radius 3 is 2.68 bits per heavy atom. The summed E-state index contributed by atoms with van der Waals surface area (Å²) in [5, 5.41) is 2.77. The monoisotopic (exact) mass is 400 g/mol. The predicted molar refractivity (Wildman–Crippen MR) is 106 cm³/mol. The fraction of sp³-hybridized carbons (Fsp3) is 0.286. The van der Waals surface area contributed by atoms with Crippen LogP contribution >= 0.6 is 11.8 Å². The molecule has 1 aliphatic rings. The number of carbonyl (C=O) groups is 3. The van der Waals surface area contributed by atoms with Crippen LogP contribution in [0.25, 0.3) is 0 Å². The van der Waals surface area contributed by atoms with Crippen molar-refractivity contribution in [3.63, 3.8) is 0 Å². The van der Waals surface area contributed by atoms with E-state index in [1.807, 2.05) is 0 Å².